The van der Waals surface area contributed by atoms with Crippen molar-refractivity contribution in [2.24, 2.45) is 0 Å². The highest BCUT2D eigenvalue weighted by molar-refractivity contribution is 5.58. The van der Waals surface area contributed by atoms with Crippen molar-refractivity contribution >= 4 is 0 Å². The SMILES string of the molecule is CC[C@H](O)Cn1ncnc1-c1cnccc1C. The first-order chi connectivity index (χ1) is 8.22. The highest BCUT2D eigenvalue weighted by Gasteiger charge is 2.12. The molecular weight excluding hydrogens is 216 g/mol. The summed E-state index contributed by atoms with van der Waals surface area (Å²) < 4.78 is 1.72. The van der Waals surface area contributed by atoms with Gasteiger partial charge in [-0.25, -0.2) is 9.67 Å². The third kappa shape index (κ3) is 2.50. The summed E-state index contributed by atoms with van der Waals surface area (Å²) in [5.74, 6) is 0.753. The molecule has 5 heteroatoms. The second-order valence-corrected chi connectivity index (χ2v) is 4.02. The van der Waals surface area contributed by atoms with E-state index < -0.39 is 6.10 Å². The van der Waals surface area contributed by atoms with E-state index in [1.54, 1.807) is 17.1 Å². The molecule has 0 radical (unpaired) electrons. The monoisotopic (exact) mass is 232 g/mol. The topological polar surface area (TPSA) is 63.8 Å². The molecule has 0 aromatic carbocycles. The van der Waals surface area contributed by atoms with Crippen LogP contribution in [0, 0.1) is 6.92 Å². The van der Waals surface area contributed by atoms with Crippen molar-refractivity contribution in [1.82, 2.24) is 19.7 Å². The van der Waals surface area contributed by atoms with E-state index in [1.807, 2.05) is 19.9 Å². The summed E-state index contributed by atoms with van der Waals surface area (Å²) in [6.07, 6.45) is 5.33. The molecule has 0 bridgehead atoms. The minimum absolute atomic E-state index is 0.396. The van der Waals surface area contributed by atoms with Crippen LogP contribution in [0.4, 0.5) is 0 Å². The van der Waals surface area contributed by atoms with Gasteiger partial charge in [0.25, 0.3) is 0 Å². The Morgan fingerprint density at radius 1 is 1.47 bits per heavy atom. The Balaban J connectivity index is 2.34. The summed E-state index contributed by atoms with van der Waals surface area (Å²) in [7, 11) is 0. The molecule has 2 aromatic rings. The predicted molar refractivity (Wildman–Crippen MR) is 64.3 cm³/mol. The average Bonchev–Trinajstić information content (AvgIpc) is 2.77. The zero-order chi connectivity index (χ0) is 12.3. The van der Waals surface area contributed by atoms with Crippen LogP contribution in [0.15, 0.2) is 24.8 Å². The van der Waals surface area contributed by atoms with Crippen molar-refractivity contribution in [2.45, 2.75) is 32.9 Å². The van der Waals surface area contributed by atoms with E-state index in [2.05, 4.69) is 15.1 Å². The van der Waals surface area contributed by atoms with Crippen molar-refractivity contribution in [3.63, 3.8) is 0 Å². The van der Waals surface area contributed by atoms with Crippen LogP contribution in [0.3, 0.4) is 0 Å². The quantitative estimate of drug-likeness (QED) is 0.865. The predicted octanol–water partition coefficient (Wildman–Crippen LogP) is 1.42. The lowest BCUT2D eigenvalue weighted by molar-refractivity contribution is 0.146. The first-order valence-corrected chi connectivity index (χ1v) is 5.69. The molecule has 0 spiro atoms. The molecule has 0 amide bonds. The number of rotatable bonds is 4. The molecule has 0 unspecified atom stereocenters. The molecule has 2 rings (SSSR count). The smallest absolute Gasteiger partial charge is 0.159 e. The molecule has 90 valence electrons. The Labute approximate surface area is 100 Å². The Morgan fingerprint density at radius 3 is 3.00 bits per heavy atom. The molecule has 0 saturated carbocycles. The maximum Gasteiger partial charge on any atom is 0.159 e. The van der Waals surface area contributed by atoms with Gasteiger partial charge in [0.05, 0.1) is 12.6 Å². The van der Waals surface area contributed by atoms with E-state index in [4.69, 9.17) is 0 Å². The molecule has 17 heavy (non-hydrogen) atoms. The molecule has 5 nitrogen and oxygen atoms in total. The highest BCUT2D eigenvalue weighted by atomic mass is 16.3. The van der Waals surface area contributed by atoms with Gasteiger partial charge in [0.15, 0.2) is 5.82 Å². The van der Waals surface area contributed by atoms with Crippen molar-refractivity contribution in [3.05, 3.63) is 30.4 Å². The van der Waals surface area contributed by atoms with Gasteiger partial charge in [0, 0.05) is 18.0 Å². The molecule has 0 saturated heterocycles. The van der Waals surface area contributed by atoms with Crippen LogP contribution in [0.1, 0.15) is 18.9 Å². The average molecular weight is 232 g/mol. The summed E-state index contributed by atoms with van der Waals surface area (Å²) in [6.45, 7) is 4.41. The largest absolute Gasteiger partial charge is 0.391 e. The van der Waals surface area contributed by atoms with Gasteiger partial charge < -0.3 is 5.11 Å². The van der Waals surface area contributed by atoms with Crippen LogP contribution in [-0.4, -0.2) is 31.0 Å². The Kier molecular flexibility index (Phi) is 3.49. The van der Waals surface area contributed by atoms with E-state index in [9.17, 15) is 5.11 Å². The number of aryl methyl sites for hydroxylation is 1. The highest BCUT2D eigenvalue weighted by Crippen LogP contribution is 2.19. The molecule has 0 aliphatic carbocycles. The minimum Gasteiger partial charge on any atom is -0.391 e. The third-order valence-electron chi connectivity index (χ3n) is 2.75. The molecule has 2 aromatic heterocycles. The number of pyridine rings is 1. The number of nitrogens with zero attached hydrogens (tertiary/aromatic N) is 4. The van der Waals surface area contributed by atoms with Gasteiger partial charge in [0.1, 0.15) is 6.33 Å². The lowest BCUT2D eigenvalue weighted by Crippen LogP contribution is -2.16. The van der Waals surface area contributed by atoms with Crippen LogP contribution in [0.25, 0.3) is 11.4 Å². The third-order valence-corrected chi connectivity index (χ3v) is 2.75. The summed E-state index contributed by atoms with van der Waals surface area (Å²) in [4.78, 5) is 8.33. The van der Waals surface area contributed by atoms with E-state index in [-0.39, 0.29) is 0 Å². The van der Waals surface area contributed by atoms with E-state index in [0.29, 0.717) is 13.0 Å². The fourth-order valence-electron chi connectivity index (χ4n) is 1.63. The standard InChI is InChI=1S/C12H16N4O/c1-3-10(17)7-16-12(14-8-15-16)11-6-13-5-4-9(11)2/h4-6,8,10,17H,3,7H2,1-2H3/t10-/m0/s1. The molecule has 2 heterocycles. The lowest BCUT2D eigenvalue weighted by Gasteiger charge is -2.11. The van der Waals surface area contributed by atoms with Crippen molar-refractivity contribution < 1.29 is 5.11 Å². The van der Waals surface area contributed by atoms with Crippen molar-refractivity contribution in [1.29, 1.82) is 0 Å². The molecular formula is C12H16N4O. The van der Waals surface area contributed by atoms with Crippen LogP contribution in [-0.2, 0) is 6.54 Å². The Hall–Kier alpha value is -1.75. The maximum atomic E-state index is 9.67. The fraction of sp³-hybridized carbons (Fsp3) is 0.417. The van der Waals surface area contributed by atoms with Crippen LogP contribution >= 0.6 is 0 Å². The minimum atomic E-state index is -0.396. The number of hydrogen-bond acceptors (Lipinski definition) is 4. The van der Waals surface area contributed by atoms with Crippen LogP contribution < -0.4 is 0 Å². The Morgan fingerprint density at radius 2 is 2.29 bits per heavy atom. The van der Waals surface area contributed by atoms with Crippen molar-refractivity contribution in [3.8, 4) is 11.4 Å². The van der Waals surface area contributed by atoms with Gasteiger partial charge in [-0.15, -0.1) is 0 Å². The van der Waals surface area contributed by atoms with Gasteiger partial charge in [-0.3, -0.25) is 4.98 Å². The number of aliphatic hydroxyl groups excluding tert-OH is 1. The Bertz CT molecular complexity index is 495. The molecule has 0 aliphatic rings. The van der Waals surface area contributed by atoms with Gasteiger partial charge in [-0.2, -0.15) is 5.10 Å². The van der Waals surface area contributed by atoms with E-state index in [1.165, 1.54) is 6.33 Å². The zero-order valence-corrected chi connectivity index (χ0v) is 10.0. The summed E-state index contributed by atoms with van der Waals surface area (Å²) in [5, 5.41) is 13.8. The van der Waals surface area contributed by atoms with Gasteiger partial charge in [-0.05, 0) is 25.0 Å². The molecule has 1 N–H and O–H groups in total. The van der Waals surface area contributed by atoms with Gasteiger partial charge in [-0.1, -0.05) is 6.92 Å². The maximum absolute atomic E-state index is 9.67. The second-order valence-electron chi connectivity index (χ2n) is 4.02. The fourth-order valence-corrected chi connectivity index (χ4v) is 1.63. The number of aromatic nitrogens is 4. The second kappa shape index (κ2) is 5.05. The molecule has 1 atom stereocenters. The van der Waals surface area contributed by atoms with Crippen molar-refractivity contribution in [2.75, 3.05) is 0 Å². The summed E-state index contributed by atoms with van der Waals surface area (Å²) in [5.41, 5.74) is 2.05. The van der Waals surface area contributed by atoms with E-state index in [0.717, 1.165) is 17.0 Å². The number of aliphatic hydroxyl groups is 1. The van der Waals surface area contributed by atoms with Crippen LogP contribution in [0.2, 0.25) is 0 Å². The first-order valence-electron chi connectivity index (χ1n) is 5.69. The first kappa shape index (κ1) is 11.7. The summed E-state index contributed by atoms with van der Waals surface area (Å²) in [6, 6.07) is 1.94. The number of hydrogen-bond donors (Lipinski definition) is 1. The molecule has 0 aliphatic heterocycles. The normalized spacial score (nSPS) is 12.6. The van der Waals surface area contributed by atoms with Gasteiger partial charge in [0.2, 0.25) is 0 Å². The van der Waals surface area contributed by atoms with E-state index >= 15 is 0 Å². The molecule has 0 fully saturated rings. The van der Waals surface area contributed by atoms with Crippen LogP contribution in [0.5, 0.6) is 0 Å². The zero-order valence-electron chi connectivity index (χ0n) is 10.0. The lowest BCUT2D eigenvalue weighted by atomic mass is 10.1. The summed E-state index contributed by atoms with van der Waals surface area (Å²) >= 11 is 0. The van der Waals surface area contributed by atoms with Gasteiger partial charge >= 0.3 is 0 Å².